The Bertz CT molecular complexity index is 565. The summed E-state index contributed by atoms with van der Waals surface area (Å²) in [6.45, 7) is 1.79. The molecule has 23 heavy (non-hydrogen) atoms. The molecule has 0 aromatic carbocycles. The summed E-state index contributed by atoms with van der Waals surface area (Å²) in [7, 11) is 0. The van der Waals surface area contributed by atoms with Crippen molar-refractivity contribution >= 4 is 17.8 Å². The number of nitrogens with one attached hydrogen (secondary N) is 1. The number of hydrogen-bond acceptors (Lipinski definition) is 5. The van der Waals surface area contributed by atoms with Gasteiger partial charge in [-0.1, -0.05) is 12.8 Å². The number of amides is 2. The van der Waals surface area contributed by atoms with Crippen LogP contribution >= 0.6 is 0 Å². The standard InChI is InChI=1S/C15H20N4O4/c20-13(19-7-3-1-2-4-8-19)5-6-16-14(21)11-9-18-12(10-17-11)15(22)23/h9-10H,1-8H2,(H,16,21)(H,22,23). The number of aromatic nitrogens is 2. The van der Waals surface area contributed by atoms with Gasteiger partial charge in [-0.25, -0.2) is 14.8 Å². The summed E-state index contributed by atoms with van der Waals surface area (Å²) in [5.41, 5.74) is -0.199. The summed E-state index contributed by atoms with van der Waals surface area (Å²) in [6, 6.07) is 0. The van der Waals surface area contributed by atoms with Crippen LogP contribution in [0.1, 0.15) is 53.1 Å². The zero-order valence-corrected chi connectivity index (χ0v) is 12.8. The van der Waals surface area contributed by atoms with Crippen molar-refractivity contribution in [3.8, 4) is 0 Å². The number of carbonyl (C=O) groups is 3. The lowest BCUT2D eigenvalue weighted by Gasteiger charge is -2.20. The molecule has 1 fully saturated rings. The summed E-state index contributed by atoms with van der Waals surface area (Å²) in [5.74, 6) is -1.63. The van der Waals surface area contributed by atoms with Gasteiger partial charge >= 0.3 is 5.97 Å². The average Bonchev–Trinajstić information content (AvgIpc) is 2.84. The summed E-state index contributed by atoms with van der Waals surface area (Å²) in [4.78, 5) is 43.8. The number of carboxylic acid groups (broad SMARTS) is 1. The quantitative estimate of drug-likeness (QED) is 0.825. The van der Waals surface area contributed by atoms with Crippen molar-refractivity contribution in [3.63, 3.8) is 0 Å². The third-order valence-electron chi connectivity index (χ3n) is 3.69. The monoisotopic (exact) mass is 320 g/mol. The molecule has 0 aliphatic carbocycles. The maximum atomic E-state index is 12.1. The van der Waals surface area contributed by atoms with Crippen LogP contribution in [0, 0.1) is 0 Å². The van der Waals surface area contributed by atoms with E-state index < -0.39 is 11.9 Å². The van der Waals surface area contributed by atoms with E-state index in [1.165, 1.54) is 0 Å². The van der Waals surface area contributed by atoms with Crippen LogP contribution in [-0.4, -0.2) is 57.4 Å². The van der Waals surface area contributed by atoms with Gasteiger partial charge in [0.05, 0.1) is 12.4 Å². The largest absolute Gasteiger partial charge is 0.476 e. The number of aromatic carboxylic acids is 1. The molecule has 1 aromatic rings. The van der Waals surface area contributed by atoms with Crippen LogP contribution in [0.2, 0.25) is 0 Å². The van der Waals surface area contributed by atoms with Gasteiger partial charge in [-0.15, -0.1) is 0 Å². The van der Waals surface area contributed by atoms with Crippen LogP contribution in [0.15, 0.2) is 12.4 Å². The van der Waals surface area contributed by atoms with E-state index in [9.17, 15) is 14.4 Å². The van der Waals surface area contributed by atoms with Crippen molar-refractivity contribution < 1.29 is 19.5 Å². The minimum Gasteiger partial charge on any atom is -0.476 e. The topological polar surface area (TPSA) is 112 Å². The van der Waals surface area contributed by atoms with E-state index in [1.807, 2.05) is 4.90 Å². The highest BCUT2D eigenvalue weighted by Gasteiger charge is 2.16. The predicted molar refractivity (Wildman–Crippen MR) is 81.0 cm³/mol. The van der Waals surface area contributed by atoms with E-state index in [-0.39, 0.29) is 30.3 Å². The molecule has 2 N–H and O–H groups in total. The first-order valence-corrected chi connectivity index (χ1v) is 7.69. The number of hydrogen-bond donors (Lipinski definition) is 2. The molecule has 1 saturated heterocycles. The van der Waals surface area contributed by atoms with Crippen molar-refractivity contribution in [2.24, 2.45) is 0 Å². The zero-order valence-electron chi connectivity index (χ0n) is 12.8. The third-order valence-corrected chi connectivity index (χ3v) is 3.69. The summed E-state index contributed by atoms with van der Waals surface area (Å²) in [6.07, 6.45) is 6.76. The first-order chi connectivity index (χ1) is 11.1. The van der Waals surface area contributed by atoms with E-state index in [1.54, 1.807) is 0 Å². The fourth-order valence-electron chi connectivity index (χ4n) is 2.41. The van der Waals surface area contributed by atoms with Gasteiger partial charge < -0.3 is 15.3 Å². The molecule has 124 valence electrons. The maximum Gasteiger partial charge on any atom is 0.356 e. The van der Waals surface area contributed by atoms with E-state index in [2.05, 4.69) is 15.3 Å². The first-order valence-electron chi connectivity index (χ1n) is 7.69. The van der Waals surface area contributed by atoms with E-state index in [0.29, 0.717) is 0 Å². The average molecular weight is 320 g/mol. The lowest BCUT2D eigenvalue weighted by molar-refractivity contribution is -0.131. The molecule has 0 bridgehead atoms. The van der Waals surface area contributed by atoms with Gasteiger partial charge in [-0.3, -0.25) is 9.59 Å². The maximum absolute atomic E-state index is 12.1. The Kier molecular flexibility index (Phi) is 6.02. The van der Waals surface area contributed by atoms with Crippen LogP contribution in [0.25, 0.3) is 0 Å². The molecule has 0 radical (unpaired) electrons. The van der Waals surface area contributed by atoms with Gasteiger partial charge in [-0.05, 0) is 12.8 Å². The molecular formula is C15H20N4O4. The number of carboxylic acids is 1. The van der Waals surface area contributed by atoms with Crippen LogP contribution in [0.3, 0.4) is 0 Å². The molecular weight excluding hydrogens is 300 g/mol. The smallest absolute Gasteiger partial charge is 0.356 e. The lowest BCUT2D eigenvalue weighted by Crippen LogP contribution is -2.35. The van der Waals surface area contributed by atoms with Crippen molar-refractivity contribution in [2.45, 2.75) is 32.1 Å². The summed E-state index contributed by atoms with van der Waals surface area (Å²) in [5, 5.41) is 11.3. The zero-order chi connectivity index (χ0) is 16.7. The van der Waals surface area contributed by atoms with E-state index >= 15 is 0 Å². The molecule has 0 spiro atoms. The Morgan fingerprint density at radius 1 is 1.04 bits per heavy atom. The summed E-state index contributed by atoms with van der Waals surface area (Å²) >= 11 is 0. The highest BCUT2D eigenvalue weighted by molar-refractivity contribution is 5.93. The Morgan fingerprint density at radius 2 is 1.65 bits per heavy atom. The van der Waals surface area contributed by atoms with Gasteiger partial charge in [-0.2, -0.15) is 0 Å². The molecule has 8 nitrogen and oxygen atoms in total. The highest BCUT2D eigenvalue weighted by atomic mass is 16.4. The SMILES string of the molecule is O=C(O)c1cnc(C(=O)NCCC(=O)N2CCCCCC2)cn1. The number of carbonyl (C=O) groups excluding carboxylic acids is 2. The Morgan fingerprint density at radius 3 is 2.22 bits per heavy atom. The molecule has 1 aliphatic heterocycles. The second-order valence-electron chi connectivity index (χ2n) is 5.39. The van der Waals surface area contributed by atoms with Crippen molar-refractivity contribution in [3.05, 3.63) is 23.8 Å². The van der Waals surface area contributed by atoms with Gasteiger partial charge in [0.25, 0.3) is 5.91 Å². The molecule has 8 heteroatoms. The molecule has 1 aliphatic rings. The Hall–Kier alpha value is -2.51. The molecule has 2 heterocycles. The van der Waals surface area contributed by atoms with E-state index in [4.69, 9.17) is 5.11 Å². The van der Waals surface area contributed by atoms with Gasteiger partial charge in [0.15, 0.2) is 5.69 Å². The van der Waals surface area contributed by atoms with Crippen molar-refractivity contribution in [1.29, 1.82) is 0 Å². The van der Waals surface area contributed by atoms with Crippen molar-refractivity contribution in [1.82, 2.24) is 20.2 Å². The molecule has 2 rings (SSSR count). The lowest BCUT2D eigenvalue weighted by atomic mass is 10.2. The van der Waals surface area contributed by atoms with Gasteiger partial charge in [0.2, 0.25) is 5.91 Å². The molecule has 0 atom stereocenters. The van der Waals surface area contributed by atoms with Gasteiger partial charge in [0.1, 0.15) is 5.69 Å². The summed E-state index contributed by atoms with van der Waals surface area (Å²) < 4.78 is 0. The predicted octanol–water partition coefficient (Wildman–Crippen LogP) is 0.697. The molecule has 2 amide bonds. The molecule has 0 unspecified atom stereocenters. The van der Waals surface area contributed by atoms with Gasteiger partial charge in [0, 0.05) is 26.1 Å². The second-order valence-corrected chi connectivity index (χ2v) is 5.39. The van der Waals surface area contributed by atoms with Crippen LogP contribution in [-0.2, 0) is 4.79 Å². The van der Waals surface area contributed by atoms with Crippen molar-refractivity contribution in [2.75, 3.05) is 19.6 Å². The molecule has 1 aromatic heterocycles. The number of nitrogens with zero attached hydrogens (tertiary/aromatic N) is 3. The normalized spacial score (nSPS) is 14.9. The third kappa shape index (κ3) is 5.01. The van der Waals surface area contributed by atoms with E-state index in [0.717, 1.165) is 51.2 Å². The minimum atomic E-state index is -1.20. The van der Waals surface area contributed by atoms with Crippen LogP contribution in [0.5, 0.6) is 0 Å². The Labute approximate surface area is 133 Å². The molecule has 0 saturated carbocycles. The van der Waals surface area contributed by atoms with Crippen LogP contribution in [0.4, 0.5) is 0 Å². The minimum absolute atomic E-state index is 0.0252. The number of likely N-dealkylation sites (tertiary alicyclic amines) is 1. The first kappa shape index (κ1) is 16.9. The second kappa shape index (κ2) is 8.21. The Balaban J connectivity index is 1.77. The number of rotatable bonds is 5. The highest BCUT2D eigenvalue weighted by Crippen LogP contribution is 2.10. The fourth-order valence-corrected chi connectivity index (χ4v) is 2.41. The van der Waals surface area contributed by atoms with Crippen LogP contribution < -0.4 is 5.32 Å². The fraction of sp³-hybridized carbons (Fsp3) is 0.533.